The number of nitrogens with one attached hydrogen (secondary N) is 2. The minimum Gasteiger partial charge on any atom is -0.396 e. The summed E-state index contributed by atoms with van der Waals surface area (Å²) in [6.07, 6.45) is 6.84. The van der Waals surface area contributed by atoms with Gasteiger partial charge in [-0.3, -0.25) is 14.4 Å². The zero-order valence-electron chi connectivity index (χ0n) is 20.9. The lowest BCUT2D eigenvalue weighted by atomic mass is 9.70. The van der Waals surface area contributed by atoms with Crippen molar-refractivity contribution in [3.05, 3.63) is 30.3 Å². The van der Waals surface area contributed by atoms with E-state index in [2.05, 4.69) is 17.6 Å². The maximum absolute atomic E-state index is 13.9. The molecule has 3 N–H and O–H groups in total. The van der Waals surface area contributed by atoms with Crippen molar-refractivity contribution in [2.75, 3.05) is 18.5 Å². The zero-order chi connectivity index (χ0) is 25.0. The summed E-state index contributed by atoms with van der Waals surface area (Å²) in [5.74, 6) is -1.13. The highest BCUT2D eigenvalue weighted by molar-refractivity contribution is 8.02. The largest absolute Gasteiger partial charge is 0.396 e. The smallest absolute Gasteiger partial charge is 0.244 e. The number of hydrogen-bond donors (Lipinski definition) is 3. The van der Waals surface area contributed by atoms with Crippen LogP contribution in [0.2, 0.25) is 0 Å². The molecule has 3 unspecified atom stereocenters. The third-order valence-corrected chi connectivity index (χ3v) is 9.76. The molecule has 1 aromatic carbocycles. The van der Waals surface area contributed by atoms with Gasteiger partial charge in [0.2, 0.25) is 17.7 Å². The fourth-order valence-electron chi connectivity index (χ4n) is 6.32. The van der Waals surface area contributed by atoms with Crippen LogP contribution in [0.5, 0.6) is 0 Å². The van der Waals surface area contributed by atoms with Crippen LogP contribution < -0.4 is 10.6 Å². The molecule has 2 bridgehead atoms. The number of nitrogens with zero attached hydrogens (tertiary/aromatic N) is 1. The summed E-state index contributed by atoms with van der Waals surface area (Å²) in [6, 6.07) is 8.88. The molecule has 1 spiro atoms. The Labute approximate surface area is 212 Å². The van der Waals surface area contributed by atoms with Crippen LogP contribution in [0.4, 0.5) is 5.69 Å². The van der Waals surface area contributed by atoms with Crippen molar-refractivity contribution in [3.8, 4) is 0 Å². The first-order valence-electron chi connectivity index (χ1n) is 13.2. The number of anilines is 1. The number of carbonyl (C=O) groups is 3. The molecule has 3 saturated heterocycles. The summed E-state index contributed by atoms with van der Waals surface area (Å²) in [7, 11) is 0. The van der Waals surface area contributed by atoms with E-state index in [1.54, 1.807) is 16.7 Å². The summed E-state index contributed by atoms with van der Waals surface area (Å²) in [4.78, 5) is 42.8. The Morgan fingerprint density at radius 3 is 2.63 bits per heavy atom. The molecule has 4 rings (SSSR count). The van der Waals surface area contributed by atoms with E-state index >= 15 is 0 Å². The maximum Gasteiger partial charge on any atom is 0.244 e. The fraction of sp³-hybridized carbons (Fsp3) is 0.667. The molecule has 192 valence electrons. The van der Waals surface area contributed by atoms with E-state index in [4.69, 9.17) is 5.11 Å². The average Bonchev–Trinajstić information content (AvgIpc) is 3.47. The van der Waals surface area contributed by atoms with Crippen LogP contribution in [0.25, 0.3) is 0 Å². The zero-order valence-corrected chi connectivity index (χ0v) is 21.7. The van der Waals surface area contributed by atoms with E-state index in [1.165, 1.54) is 0 Å². The quantitative estimate of drug-likeness (QED) is 0.380. The predicted octanol–water partition coefficient (Wildman–Crippen LogP) is 3.57. The van der Waals surface area contributed by atoms with Gasteiger partial charge in [-0.1, -0.05) is 44.4 Å². The average molecular weight is 502 g/mol. The first-order chi connectivity index (χ1) is 16.9. The third kappa shape index (κ3) is 5.10. The number of para-hydroxylation sites is 1. The lowest BCUT2D eigenvalue weighted by Crippen LogP contribution is -2.55. The van der Waals surface area contributed by atoms with Gasteiger partial charge in [-0.15, -0.1) is 11.8 Å². The van der Waals surface area contributed by atoms with Crippen molar-refractivity contribution in [1.29, 1.82) is 0 Å². The van der Waals surface area contributed by atoms with Gasteiger partial charge in [-0.25, -0.2) is 0 Å². The Kier molecular flexibility index (Phi) is 8.42. The van der Waals surface area contributed by atoms with Gasteiger partial charge in [-0.05, 0) is 51.2 Å². The number of carbonyl (C=O) groups excluding carboxylic acids is 3. The van der Waals surface area contributed by atoms with Crippen molar-refractivity contribution in [2.24, 2.45) is 11.8 Å². The van der Waals surface area contributed by atoms with Crippen LogP contribution in [-0.2, 0) is 14.4 Å². The molecule has 8 heteroatoms. The number of hydrogen-bond acceptors (Lipinski definition) is 5. The molecule has 3 amide bonds. The predicted molar refractivity (Wildman–Crippen MR) is 139 cm³/mol. The molecule has 3 heterocycles. The van der Waals surface area contributed by atoms with Crippen LogP contribution in [0.3, 0.4) is 0 Å². The highest BCUT2D eigenvalue weighted by Gasteiger charge is 2.73. The van der Waals surface area contributed by atoms with Crippen LogP contribution in [0, 0.1) is 11.8 Å². The summed E-state index contributed by atoms with van der Waals surface area (Å²) in [5, 5.41) is 15.3. The summed E-state index contributed by atoms with van der Waals surface area (Å²) in [5.41, 5.74) is 0.730. The van der Waals surface area contributed by atoms with Gasteiger partial charge in [0, 0.05) is 30.1 Å². The number of unbranched alkanes of at least 4 members (excludes halogenated alkanes) is 3. The fourth-order valence-corrected chi connectivity index (χ4v) is 8.54. The Morgan fingerprint density at radius 1 is 1.17 bits per heavy atom. The Hall–Kier alpha value is -2.06. The number of rotatable bonds is 12. The standard InChI is InChI=1S/C27H39N3O4S/c1-3-11-18(2)28-25(33)23-27-15-14-20(35-27)21(24(32)29-19-12-7-6-8-13-19)22(27)26(34)30(23)16-9-4-5-10-17-31/h6-8,12-13,18,20-23,31H,3-5,9-11,14-17H2,1-2H3,(H,28,33)(H,29,32)/t18?,20-,21+,22+,23?,27?/m1/s1. The van der Waals surface area contributed by atoms with E-state index in [1.807, 2.05) is 37.3 Å². The van der Waals surface area contributed by atoms with Gasteiger partial charge in [-0.2, -0.15) is 0 Å². The molecule has 0 aliphatic carbocycles. The van der Waals surface area contributed by atoms with Crippen LogP contribution in [0.15, 0.2) is 30.3 Å². The second-order valence-corrected chi connectivity index (χ2v) is 11.9. The number of aliphatic hydroxyl groups is 1. The monoisotopic (exact) mass is 501 g/mol. The van der Waals surface area contributed by atoms with Gasteiger partial charge in [0.05, 0.1) is 16.6 Å². The lowest BCUT2D eigenvalue weighted by molar-refractivity contribution is -0.139. The first-order valence-corrected chi connectivity index (χ1v) is 14.1. The molecule has 7 nitrogen and oxygen atoms in total. The first kappa shape index (κ1) is 26.0. The van der Waals surface area contributed by atoms with Crippen molar-refractivity contribution >= 4 is 35.2 Å². The van der Waals surface area contributed by atoms with Gasteiger partial charge in [0.15, 0.2) is 0 Å². The van der Waals surface area contributed by atoms with Crippen molar-refractivity contribution in [1.82, 2.24) is 10.2 Å². The second kappa shape index (κ2) is 11.3. The molecule has 1 aromatic rings. The van der Waals surface area contributed by atoms with Gasteiger partial charge in [0.25, 0.3) is 0 Å². The van der Waals surface area contributed by atoms with Gasteiger partial charge < -0.3 is 20.6 Å². The highest BCUT2D eigenvalue weighted by Crippen LogP contribution is 2.66. The van der Waals surface area contributed by atoms with Crippen molar-refractivity contribution in [3.63, 3.8) is 0 Å². The van der Waals surface area contributed by atoms with E-state index in [0.717, 1.165) is 57.1 Å². The van der Waals surface area contributed by atoms with Crippen LogP contribution >= 0.6 is 11.8 Å². The van der Waals surface area contributed by atoms with E-state index in [0.29, 0.717) is 6.54 Å². The molecule has 0 saturated carbocycles. The topological polar surface area (TPSA) is 98.7 Å². The third-order valence-electron chi connectivity index (χ3n) is 7.81. The maximum atomic E-state index is 13.9. The molecular formula is C27H39N3O4S. The van der Waals surface area contributed by atoms with Crippen LogP contribution in [0.1, 0.15) is 65.2 Å². The second-order valence-electron chi connectivity index (χ2n) is 10.3. The normalized spacial score (nSPS) is 29.8. The highest BCUT2D eigenvalue weighted by atomic mass is 32.2. The Balaban J connectivity index is 1.57. The van der Waals surface area contributed by atoms with Gasteiger partial charge >= 0.3 is 0 Å². The van der Waals surface area contributed by atoms with Crippen molar-refractivity contribution in [2.45, 2.75) is 87.3 Å². The SMILES string of the molecule is CCCC(C)NC(=O)C1N(CCCCCCO)C(=O)[C@@H]2[C@@H](C(=O)Nc3ccccc3)[C@H]3CCC12S3. The molecule has 3 aliphatic rings. The molecule has 3 aliphatic heterocycles. The van der Waals surface area contributed by atoms with Gasteiger partial charge in [0.1, 0.15) is 6.04 Å². The molecule has 0 radical (unpaired) electrons. The minimum atomic E-state index is -0.540. The van der Waals surface area contributed by atoms with Crippen molar-refractivity contribution < 1.29 is 19.5 Å². The molecular weight excluding hydrogens is 462 g/mol. The van der Waals surface area contributed by atoms with E-state index < -0.39 is 22.6 Å². The van der Waals surface area contributed by atoms with E-state index in [9.17, 15) is 14.4 Å². The molecule has 3 fully saturated rings. The summed E-state index contributed by atoms with van der Waals surface area (Å²) < 4.78 is -0.540. The number of benzene rings is 1. The number of thioether (sulfide) groups is 1. The number of likely N-dealkylation sites (tertiary alicyclic amines) is 1. The number of fused-ring (bicyclic) bond motifs is 1. The Bertz CT molecular complexity index is 913. The van der Waals surface area contributed by atoms with E-state index in [-0.39, 0.29) is 35.6 Å². The minimum absolute atomic E-state index is 0.0432. The number of aliphatic hydroxyl groups excluding tert-OH is 1. The Morgan fingerprint density at radius 2 is 1.91 bits per heavy atom. The summed E-state index contributed by atoms with van der Waals surface area (Å²) >= 11 is 1.71. The summed E-state index contributed by atoms with van der Waals surface area (Å²) in [6.45, 7) is 4.80. The molecule has 35 heavy (non-hydrogen) atoms. The molecule has 6 atom stereocenters. The number of amides is 3. The van der Waals surface area contributed by atoms with Crippen LogP contribution in [-0.4, -0.2) is 63.0 Å². The molecule has 0 aromatic heterocycles. The lowest BCUT2D eigenvalue weighted by Gasteiger charge is -2.35.